The Morgan fingerprint density at radius 2 is 1.74 bits per heavy atom. The average molecular weight is 493 g/mol. The van der Waals surface area contributed by atoms with Gasteiger partial charge in [-0.15, -0.1) is 10.2 Å². The molecule has 2 aromatic rings. The first kappa shape index (κ1) is 25.0. The van der Waals surface area contributed by atoms with E-state index >= 15 is 0 Å². The number of amidine groups is 1. The molecule has 0 saturated carbocycles. The Bertz CT molecular complexity index is 1030. The summed E-state index contributed by atoms with van der Waals surface area (Å²) in [5, 5.41) is 11.2. The van der Waals surface area contributed by atoms with Crippen LogP contribution in [0.25, 0.3) is 0 Å². The van der Waals surface area contributed by atoms with Gasteiger partial charge in [0.25, 0.3) is 5.82 Å². The maximum absolute atomic E-state index is 13.2. The largest absolute Gasteiger partial charge is 0.494 e. The third-order valence-electron chi connectivity index (χ3n) is 6.54. The van der Waals surface area contributed by atoms with Crippen LogP contribution in [0.1, 0.15) is 74.5 Å². The van der Waals surface area contributed by atoms with Gasteiger partial charge in [-0.1, -0.05) is 25.0 Å². The standard InChI is InChI=1S/C24H31F3N6O2/c25-24(26,27)23-30-29-21-10-11-22(31-33(21)23)32-14-12-18(13-15-32)17-6-8-19(9-7-17)35-16-4-2-1-3-5-20(28)34/h6-9,18H,1-5,10-16H2,(H2,28,34). The molecule has 1 saturated heterocycles. The van der Waals surface area contributed by atoms with Crippen LogP contribution in [0.3, 0.4) is 0 Å². The van der Waals surface area contributed by atoms with Gasteiger partial charge in [0.1, 0.15) is 11.6 Å². The number of benzene rings is 1. The van der Waals surface area contributed by atoms with E-state index in [1.807, 2.05) is 12.1 Å². The molecule has 2 N–H and O–H groups in total. The van der Waals surface area contributed by atoms with Gasteiger partial charge in [-0.2, -0.15) is 22.9 Å². The number of amides is 1. The van der Waals surface area contributed by atoms with E-state index in [0.717, 1.165) is 62.0 Å². The monoisotopic (exact) mass is 492 g/mol. The maximum atomic E-state index is 13.2. The van der Waals surface area contributed by atoms with Gasteiger partial charge in [-0.3, -0.25) is 4.79 Å². The Morgan fingerprint density at radius 1 is 1.03 bits per heavy atom. The Morgan fingerprint density at radius 3 is 2.43 bits per heavy atom. The lowest BCUT2D eigenvalue weighted by atomic mass is 9.89. The number of likely N-dealkylation sites (tertiary alicyclic amines) is 1. The van der Waals surface area contributed by atoms with Gasteiger partial charge in [0, 0.05) is 32.4 Å². The van der Waals surface area contributed by atoms with Crippen LogP contribution in [0.2, 0.25) is 0 Å². The van der Waals surface area contributed by atoms with Crippen molar-refractivity contribution in [2.75, 3.05) is 19.7 Å². The minimum atomic E-state index is -4.58. The molecule has 8 nitrogen and oxygen atoms in total. The number of alkyl halides is 3. The number of aromatic nitrogens is 3. The molecule has 0 spiro atoms. The minimum absolute atomic E-state index is 0.250. The van der Waals surface area contributed by atoms with Crippen LogP contribution in [0.4, 0.5) is 13.2 Å². The number of ether oxygens (including phenoxy) is 1. The number of halogens is 3. The van der Waals surface area contributed by atoms with E-state index in [-0.39, 0.29) is 11.7 Å². The molecular weight excluding hydrogens is 461 g/mol. The highest BCUT2D eigenvalue weighted by Crippen LogP contribution is 2.32. The Hall–Kier alpha value is -3.11. The van der Waals surface area contributed by atoms with Gasteiger partial charge in [0.2, 0.25) is 5.91 Å². The topological polar surface area (TPSA) is 98.6 Å². The molecule has 190 valence electrons. The molecule has 11 heteroatoms. The van der Waals surface area contributed by atoms with Crippen molar-refractivity contribution >= 4 is 11.7 Å². The molecule has 35 heavy (non-hydrogen) atoms. The molecule has 3 heterocycles. The number of rotatable bonds is 9. The van der Waals surface area contributed by atoms with E-state index in [9.17, 15) is 18.0 Å². The first-order chi connectivity index (χ1) is 16.8. The predicted molar refractivity (Wildman–Crippen MR) is 124 cm³/mol. The summed E-state index contributed by atoms with van der Waals surface area (Å²) in [6, 6.07) is 8.18. The summed E-state index contributed by atoms with van der Waals surface area (Å²) in [6.07, 6.45) is 2.39. The highest BCUT2D eigenvalue weighted by atomic mass is 19.4. The molecule has 2 aliphatic rings. The Balaban J connectivity index is 1.23. The normalized spacial score (nSPS) is 16.7. The fraction of sp³-hybridized carbons (Fsp3) is 0.583. The van der Waals surface area contributed by atoms with Crippen LogP contribution in [0.15, 0.2) is 29.4 Å². The zero-order chi connectivity index (χ0) is 24.8. The summed E-state index contributed by atoms with van der Waals surface area (Å²) in [6.45, 7) is 2.13. The Kier molecular flexibility index (Phi) is 7.92. The summed E-state index contributed by atoms with van der Waals surface area (Å²) < 4.78 is 46.2. The van der Waals surface area contributed by atoms with Gasteiger partial charge < -0.3 is 15.4 Å². The number of hydrogen-bond acceptors (Lipinski definition) is 6. The first-order valence-corrected chi connectivity index (χ1v) is 12.2. The van der Waals surface area contributed by atoms with Crippen molar-refractivity contribution in [2.45, 2.75) is 69.9 Å². The maximum Gasteiger partial charge on any atom is 0.453 e. The molecule has 0 bridgehead atoms. The van der Waals surface area contributed by atoms with Crippen LogP contribution >= 0.6 is 0 Å². The molecule has 1 aromatic carbocycles. The van der Waals surface area contributed by atoms with Crippen molar-refractivity contribution in [3.63, 3.8) is 0 Å². The van der Waals surface area contributed by atoms with Gasteiger partial charge in [0.15, 0.2) is 5.82 Å². The van der Waals surface area contributed by atoms with Gasteiger partial charge in [-0.25, -0.2) is 0 Å². The fourth-order valence-electron chi connectivity index (χ4n) is 4.61. The van der Waals surface area contributed by atoms with Crippen molar-refractivity contribution < 1.29 is 22.7 Å². The number of hydrogen-bond donors (Lipinski definition) is 1. The number of piperidine rings is 1. The van der Waals surface area contributed by atoms with Gasteiger partial charge in [-0.05, 0) is 49.3 Å². The van der Waals surface area contributed by atoms with Crippen molar-refractivity contribution in [3.8, 4) is 5.75 Å². The number of carbonyl (C=O) groups excluding carboxylic acids is 1. The first-order valence-electron chi connectivity index (χ1n) is 12.2. The van der Waals surface area contributed by atoms with Crippen LogP contribution in [0, 0.1) is 0 Å². The average Bonchev–Trinajstić information content (AvgIpc) is 3.28. The lowest BCUT2D eigenvalue weighted by molar-refractivity contribution is -0.147. The van der Waals surface area contributed by atoms with E-state index in [1.165, 1.54) is 5.56 Å². The molecule has 0 aliphatic carbocycles. The van der Waals surface area contributed by atoms with E-state index in [1.54, 1.807) is 0 Å². The van der Waals surface area contributed by atoms with Crippen molar-refractivity contribution in [1.29, 1.82) is 0 Å². The Labute approximate surface area is 202 Å². The zero-order valence-corrected chi connectivity index (χ0v) is 19.6. The van der Waals surface area contributed by atoms with E-state index in [2.05, 4.69) is 32.3 Å². The summed E-state index contributed by atoms with van der Waals surface area (Å²) in [7, 11) is 0. The van der Waals surface area contributed by atoms with Crippen molar-refractivity contribution in [2.24, 2.45) is 10.8 Å². The molecule has 1 aromatic heterocycles. The van der Waals surface area contributed by atoms with E-state index < -0.39 is 12.0 Å². The third-order valence-corrected chi connectivity index (χ3v) is 6.54. The second-order valence-electron chi connectivity index (χ2n) is 9.07. The van der Waals surface area contributed by atoms with Crippen LogP contribution in [0.5, 0.6) is 5.75 Å². The van der Waals surface area contributed by atoms with Gasteiger partial charge >= 0.3 is 6.18 Å². The predicted octanol–water partition coefficient (Wildman–Crippen LogP) is 4.10. The second-order valence-corrected chi connectivity index (χ2v) is 9.07. The molecule has 4 rings (SSSR count). The number of nitrogens with two attached hydrogens (primary N) is 1. The van der Waals surface area contributed by atoms with Crippen LogP contribution in [-0.2, 0) is 17.4 Å². The van der Waals surface area contributed by atoms with Crippen molar-refractivity contribution in [3.05, 3.63) is 41.5 Å². The highest BCUT2D eigenvalue weighted by molar-refractivity contribution is 5.83. The minimum Gasteiger partial charge on any atom is -0.494 e. The smallest absolute Gasteiger partial charge is 0.453 e. The molecule has 1 amide bonds. The lowest BCUT2D eigenvalue weighted by Gasteiger charge is -2.35. The van der Waals surface area contributed by atoms with Crippen molar-refractivity contribution in [1.82, 2.24) is 19.8 Å². The van der Waals surface area contributed by atoms with Crippen LogP contribution < -0.4 is 10.5 Å². The molecule has 0 atom stereocenters. The number of aryl methyl sites for hydroxylation is 1. The zero-order valence-electron chi connectivity index (χ0n) is 19.6. The molecule has 0 radical (unpaired) electrons. The van der Waals surface area contributed by atoms with E-state index in [0.29, 0.717) is 37.6 Å². The highest BCUT2D eigenvalue weighted by Gasteiger charge is 2.40. The molecular formula is C24H31F3N6O2. The SMILES string of the molecule is NC(=O)CCCCCCOc1ccc(C2CCN(C3=Nn4c(nnc4C(F)(F)F)CC3)CC2)cc1. The quantitative estimate of drug-likeness (QED) is 0.532. The number of unbranched alkanes of at least 4 members (excludes halogenated alkanes) is 3. The van der Waals surface area contributed by atoms with Crippen LogP contribution in [-0.4, -0.2) is 51.2 Å². The second kappa shape index (κ2) is 11.1. The number of primary amides is 1. The number of carbonyl (C=O) groups is 1. The molecule has 0 unspecified atom stereocenters. The summed E-state index contributed by atoms with van der Waals surface area (Å²) in [4.78, 5) is 12.8. The van der Waals surface area contributed by atoms with Gasteiger partial charge in [0.05, 0.1) is 6.61 Å². The summed E-state index contributed by atoms with van der Waals surface area (Å²) in [5.41, 5.74) is 6.38. The number of nitrogens with zero attached hydrogens (tertiary/aromatic N) is 5. The fourth-order valence-corrected chi connectivity index (χ4v) is 4.61. The summed E-state index contributed by atoms with van der Waals surface area (Å²) in [5.74, 6) is 0.835. The molecule has 2 aliphatic heterocycles. The third kappa shape index (κ3) is 6.52. The number of fused-ring (bicyclic) bond motifs is 1. The summed E-state index contributed by atoms with van der Waals surface area (Å²) >= 11 is 0. The van der Waals surface area contributed by atoms with E-state index in [4.69, 9.17) is 10.5 Å². The molecule has 1 fully saturated rings. The lowest BCUT2D eigenvalue weighted by Crippen LogP contribution is -2.40.